The van der Waals surface area contributed by atoms with Crippen molar-refractivity contribution in [2.24, 2.45) is 11.8 Å². The molecule has 1 heterocycles. The Hall–Kier alpha value is -1.49. The average Bonchev–Trinajstić information content (AvgIpc) is 2.64. The summed E-state index contributed by atoms with van der Waals surface area (Å²) in [5, 5.41) is 7.79. The summed E-state index contributed by atoms with van der Waals surface area (Å²) < 4.78 is 63.5. The molecule has 1 saturated heterocycles. The minimum atomic E-state index is -4.45. The van der Waals surface area contributed by atoms with Crippen molar-refractivity contribution in [2.45, 2.75) is 44.2 Å². The van der Waals surface area contributed by atoms with Crippen molar-refractivity contribution >= 4 is 17.0 Å². The van der Waals surface area contributed by atoms with E-state index in [1.807, 2.05) is 0 Å². The zero-order valence-electron chi connectivity index (χ0n) is 15.6. The summed E-state index contributed by atoms with van der Waals surface area (Å²) in [6.45, 7) is 3.81. The van der Waals surface area contributed by atoms with Gasteiger partial charge in [-0.25, -0.2) is 5.48 Å². The van der Waals surface area contributed by atoms with Crippen LogP contribution in [0.3, 0.4) is 0 Å². The SMILES string of the molecule is CC(C)C(C(=O)NO)C(N1CCC(c2ccccc2C(F)(F)F)CC1)S(=O)[O-]. The van der Waals surface area contributed by atoms with E-state index < -0.39 is 40.0 Å². The fourth-order valence-corrected chi connectivity index (χ4v) is 5.01. The molecule has 0 spiro atoms. The smallest absolute Gasteiger partial charge is 0.416 e. The van der Waals surface area contributed by atoms with Gasteiger partial charge >= 0.3 is 6.18 Å². The van der Waals surface area contributed by atoms with Gasteiger partial charge in [-0.3, -0.25) is 19.1 Å². The number of likely N-dealkylation sites (tertiary alicyclic amines) is 1. The van der Waals surface area contributed by atoms with Gasteiger partial charge < -0.3 is 4.55 Å². The Kier molecular flexibility index (Phi) is 7.60. The molecule has 10 heteroatoms. The lowest BCUT2D eigenvalue weighted by Gasteiger charge is -2.42. The number of benzene rings is 1. The van der Waals surface area contributed by atoms with Crippen molar-refractivity contribution in [2.75, 3.05) is 13.1 Å². The molecule has 6 nitrogen and oxygen atoms in total. The fraction of sp³-hybridized carbons (Fsp3) is 0.611. The van der Waals surface area contributed by atoms with E-state index in [0.29, 0.717) is 12.8 Å². The molecule has 3 unspecified atom stereocenters. The topological polar surface area (TPSA) is 92.7 Å². The van der Waals surface area contributed by atoms with E-state index in [0.717, 1.165) is 6.07 Å². The summed E-state index contributed by atoms with van der Waals surface area (Å²) in [4.78, 5) is 13.6. The van der Waals surface area contributed by atoms with E-state index in [-0.39, 0.29) is 30.5 Å². The third-order valence-electron chi connectivity index (χ3n) is 5.23. The van der Waals surface area contributed by atoms with E-state index in [9.17, 15) is 26.7 Å². The predicted molar refractivity (Wildman–Crippen MR) is 96.0 cm³/mol. The zero-order valence-corrected chi connectivity index (χ0v) is 16.4. The quantitative estimate of drug-likeness (QED) is 0.419. The first kappa shape index (κ1) is 22.8. The molecule has 28 heavy (non-hydrogen) atoms. The molecule has 1 aromatic carbocycles. The van der Waals surface area contributed by atoms with Crippen molar-refractivity contribution < 1.29 is 31.9 Å². The second kappa shape index (κ2) is 9.34. The number of amides is 1. The van der Waals surface area contributed by atoms with Gasteiger partial charge in [0.1, 0.15) is 0 Å². The van der Waals surface area contributed by atoms with Crippen LogP contribution in [0.25, 0.3) is 0 Å². The molecule has 0 bridgehead atoms. The number of hydrogen-bond donors (Lipinski definition) is 2. The minimum absolute atomic E-state index is 0.211. The zero-order chi connectivity index (χ0) is 21.1. The molecular formula is C18H24F3N2O4S-. The summed E-state index contributed by atoms with van der Waals surface area (Å²) in [5.41, 5.74) is 1.06. The molecule has 0 aromatic heterocycles. The van der Waals surface area contributed by atoms with Gasteiger partial charge in [0, 0.05) is 0 Å². The predicted octanol–water partition coefficient (Wildman–Crippen LogP) is 2.87. The Morgan fingerprint density at radius 2 is 1.86 bits per heavy atom. The maximum atomic E-state index is 13.3. The number of carbonyl (C=O) groups excluding carboxylic acids is 1. The fourth-order valence-electron chi connectivity index (χ4n) is 3.88. The van der Waals surface area contributed by atoms with Crippen molar-refractivity contribution in [1.82, 2.24) is 10.4 Å². The molecule has 1 amide bonds. The van der Waals surface area contributed by atoms with Crippen LogP contribution < -0.4 is 5.48 Å². The third-order valence-corrected chi connectivity index (χ3v) is 6.22. The third kappa shape index (κ3) is 5.11. The molecule has 1 aliphatic rings. The Bertz CT molecular complexity index is 706. The van der Waals surface area contributed by atoms with E-state index in [2.05, 4.69) is 0 Å². The molecule has 1 aromatic rings. The molecule has 3 atom stereocenters. The molecule has 158 valence electrons. The van der Waals surface area contributed by atoms with Gasteiger partial charge in [-0.15, -0.1) is 0 Å². The highest BCUT2D eigenvalue weighted by molar-refractivity contribution is 7.79. The highest BCUT2D eigenvalue weighted by Crippen LogP contribution is 2.39. The Balaban J connectivity index is 2.20. The summed E-state index contributed by atoms with van der Waals surface area (Å²) >= 11 is -2.62. The molecule has 2 N–H and O–H groups in total. The van der Waals surface area contributed by atoms with Gasteiger partial charge in [-0.2, -0.15) is 13.2 Å². The van der Waals surface area contributed by atoms with E-state index >= 15 is 0 Å². The molecule has 0 radical (unpaired) electrons. The van der Waals surface area contributed by atoms with Gasteiger partial charge in [0.05, 0.1) is 16.9 Å². The number of rotatable bonds is 6. The number of nitrogens with one attached hydrogen (secondary N) is 1. The Morgan fingerprint density at radius 1 is 1.29 bits per heavy atom. The van der Waals surface area contributed by atoms with Gasteiger partial charge in [0.25, 0.3) is 0 Å². The first-order valence-electron chi connectivity index (χ1n) is 9.00. The van der Waals surface area contributed by atoms with Crippen LogP contribution in [0.15, 0.2) is 24.3 Å². The average molecular weight is 421 g/mol. The van der Waals surface area contributed by atoms with Crippen molar-refractivity contribution in [3.63, 3.8) is 0 Å². The first-order chi connectivity index (χ1) is 13.1. The minimum Gasteiger partial charge on any atom is -0.771 e. The van der Waals surface area contributed by atoms with E-state index in [1.54, 1.807) is 24.8 Å². The van der Waals surface area contributed by atoms with Gasteiger partial charge in [-0.1, -0.05) is 32.0 Å². The van der Waals surface area contributed by atoms with Crippen LogP contribution >= 0.6 is 0 Å². The summed E-state index contributed by atoms with van der Waals surface area (Å²) in [7, 11) is 0. The molecule has 2 rings (SSSR count). The van der Waals surface area contributed by atoms with Gasteiger partial charge in [0.15, 0.2) is 0 Å². The number of alkyl halides is 3. The lowest BCUT2D eigenvalue weighted by molar-refractivity contribution is -0.139. The molecule has 1 fully saturated rings. The number of hydrogen-bond acceptors (Lipinski definition) is 5. The standard InChI is InChI=1S/C18H25F3N2O4S/c1-11(2)15(16(24)22-25)17(28(26)27)23-9-7-12(8-10-23)13-5-3-4-6-14(13)18(19,20)21/h3-6,11-12,15,17,25H,7-10H2,1-2H3,(H,22,24)(H,26,27)/p-1. The van der Waals surface area contributed by atoms with Crippen molar-refractivity contribution in [3.05, 3.63) is 35.4 Å². The van der Waals surface area contributed by atoms with E-state index in [4.69, 9.17) is 5.21 Å². The maximum Gasteiger partial charge on any atom is 0.416 e. The lowest BCUT2D eigenvalue weighted by Crippen LogP contribution is -2.52. The second-order valence-electron chi connectivity index (χ2n) is 7.29. The number of carbonyl (C=O) groups is 1. The number of halogens is 3. The highest BCUT2D eigenvalue weighted by atomic mass is 32.2. The largest absolute Gasteiger partial charge is 0.771 e. The van der Waals surface area contributed by atoms with Crippen molar-refractivity contribution in [1.29, 1.82) is 0 Å². The van der Waals surface area contributed by atoms with Crippen molar-refractivity contribution in [3.8, 4) is 0 Å². The molecule has 0 aliphatic carbocycles. The van der Waals surface area contributed by atoms with Crippen LogP contribution in [-0.4, -0.2) is 43.2 Å². The Labute approximate surface area is 164 Å². The summed E-state index contributed by atoms with van der Waals surface area (Å²) in [5.74, 6) is -2.51. The van der Waals surface area contributed by atoms with Gasteiger partial charge in [0.2, 0.25) is 5.91 Å². The number of nitrogens with zero attached hydrogens (tertiary/aromatic N) is 1. The number of piperidine rings is 1. The number of hydroxylamine groups is 1. The first-order valence-corrected chi connectivity index (χ1v) is 10.1. The molecule has 1 aliphatic heterocycles. The lowest BCUT2D eigenvalue weighted by atomic mass is 9.85. The Morgan fingerprint density at radius 3 is 2.32 bits per heavy atom. The van der Waals surface area contributed by atoms with Crippen LogP contribution in [-0.2, 0) is 22.1 Å². The summed E-state index contributed by atoms with van der Waals surface area (Å²) in [6.07, 6.45) is -3.77. The van der Waals surface area contributed by atoms with Crippen LogP contribution in [0.5, 0.6) is 0 Å². The highest BCUT2D eigenvalue weighted by Gasteiger charge is 2.39. The molecule has 0 saturated carbocycles. The van der Waals surface area contributed by atoms with Crippen LogP contribution in [0.2, 0.25) is 0 Å². The monoisotopic (exact) mass is 421 g/mol. The molecular weight excluding hydrogens is 397 g/mol. The van der Waals surface area contributed by atoms with Crippen LogP contribution in [0.1, 0.15) is 43.7 Å². The van der Waals surface area contributed by atoms with Crippen LogP contribution in [0, 0.1) is 11.8 Å². The summed E-state index contributed by atoms with van der Waals surface area (Å²) in [6, 6.07) is 5.42. The van der Waals surface area contributed by atoms with Gasteiger partial charge in [-0.05, 0) is 60.5 Å². The van der Waals surface area contributed by atoms with E-state index in [1.165, 1.54) is 17.6 Å². The van der Waals surface area contributed by atoms with Crippen LogP contribution in [0.4, 0.5) is 13.2 Å². The second-order valence-corrected chi connectivity index (χ2v) is 8.30. The normalized spacial score (nSPS) is 20.0. The maximum absolute atomic E-state index is 13.3.